The molecule has 0 radical (unpaired) electrons. The first-order valence-corrected chi connectivity index (χ1v) is 11.9. The molecule has 2 aromatic carbocycles. The van der Waals surface area contributed by atoms with Crippen LogP contribution in [0.25, 0.3) is 11.4 Å². The first kappa shape index (κ1) is 21.2. The van der Waals surface area contributed by atoms with Crippen molar-refractivity contribution >= 4 is 23.5 Å². The van der Waals surface area contributed by atoms with Crippen molar-refractivity contribution in [3.63, 3.8) is 0 Å². The number of nitrogens with zero attached hydrogens (tertiary/aromatic N) is 3. The van der Waals surface area contributed by atoms with Crippen LogP contribution in [-0.4, -0.2) is 21.5 Å². The van der Waals surface area contributed by atoms with Gasteiger partial charge in [-0.2, -0.15) is 5.10 Å². The molecule has 0 unspecified atom stereocenters. The highest BCUT2D eigenvalue weighted by Gasteiger charge is 2.21. The van der Waals surface area contributed by atoms with Gasteiger partial charge in [0.05, 0.1) is 34.4 Å². The van der Waals surface area contributed by atoms with E-state index < -0.39 is 0 Å². The molecule has 0 atom stereocenters. The molecule has 6 nitrogen and oxygen atoms in total. The predicted octanol–water partition coefficient (Wildman–Crippen LogP) is 4.64. The summed E-state index contributed by atoms with van der Waals surface area (Å²) < 4.78 is 3.50. The van der Waals surface area contributed by atoms with Crippen molar-refractivity contribution in [1.82, 2.24) is 14.8 Å². The van der Waals surface area contributed by atoms with Gasteiger partial charge in [-0.1, -0.05) is 36.4 Å². The van der Waals surface area contributed by atoms with Gasteiger partial charge in [0.2, 0.25) is 0 Å². The van der Waals surface area contributed by atoms with Gasteiger partial charge < -0.3 is 0 Å². The maximum Gasteiger partial charge on any atom is 0.280 e. The van der Waals surface area contributed by atoms with E-state index in [1.165, 1.54) is 17.5 Å². The number of hydrogen-bond acceptors (Lipinski definition) is 4. The van der Waals surface area contributed by atoms with E-state index in [-0.39, 0.29) is 11.5 Å². The number of thiophene rings is 1. The minimum atomic E-state index is -0.228. The van der Waals surface area contributed by atoms with Gasteiger partial charge in [0.15, 0.2) is 0 Å². The summed E-state index contributed by atoms with van der Waals surface area (Å²) in [6.07, 6.45) is 5.72. The summed E-state index contributed by atoms with van der Waals surface area (Å²) >= 11 is 1.65. The van der Waals surface area contributed by atoms with Crippen LogP contribution in [0.5, 0.6) is 0 Å². The van der Waals surface area contributed by atoms with Crippen molar-refractivity contribution in [2.75, 3.05) is 0 Å². The summed E-state index contributed by atoms with van der Waals surface area (Å²) in [5.74, 6) is -0.228. The molecule has 1 N–H and O–H groups in total. The van der Waals surface area contributed by atoms with E-state index in [0.717, 1.165) is 41.9 Å². The number of carbonyl (C=O) groups is 1. The largest absolute Gasteiger partial charge is 0.280 e. The number of aryl methyl sites for hydroxylation is 1. The third-order valence-electron chi connectivity index (χ3n) is 6.00. The Labute approximate surface area is 195 Å². The number of benzene rings is 2. The Morgan fingerprint density at radius 2 is 1.61 bits per heavy atom. The highest BCUT2D eigenvalue weighted by molar-refractivity contribution is 7.10. The van der Waals surface area contributed by atoms with E-state index in [2.05, 4.69) is 10.5 Å². The molecule has 0 saturated heterocycles. The van der Waals surface area contributed by atoms with Crippen molar-refractivity contribution in [3.8, 4) is 11.4 Å². The Kier molecular flexibility index (Phi) is 5.79. The summed E-state index contributed by atoms with van der Waals surface area (Å²) in [7, 11) is 0. The summed E-state index contributed by atoms with van der Waals surface area (Å²) in [6.45, 7) is 1.88. The molecule has 2 aromatic heterocycles. The normalized spacial score (nSPS) is 13.2. The molecule has 0 fully saturated rings. The average Bonchev–Trinajstić information content (AvgIpc) is 3.39. The van der Waals surface area contributed by atoms with Gasteiger partial charge in [-0.25, -0.2) is 14.8 Å². The zero-order valence-corrected chi connectivity index (χ0v) is 19.1. The Hall–Kier alpha value is -3.71. The van der Waals surface area contributed by atoms with Crippen LogP contribution in [0.3, 0.4) is 0 Å². The van der Waals surface area contributed by atoms with Gasteiger partial charge in [-0.15, -0.1) is 11.3 Å². The van der Waals surface area contributed by atoms with Crippen LogP contribution in [0, 0.1) is 6.92 Å². The van der Waals surface area contributed by atoms with Crippen LogP contribution >= 0.6 is 11.3 Å². The maximum atomic E-state index is 13.4. The number of nitrogens with one attached hydrogen (secondary N) is 1. The number of aromatic nitrogens is 2. The molecule has 1 aliphatic rings. The van der Waals surface area contributed by atoms with Crippen molar-refractivity contribution in [2.45, 2.75) is 32.6 Å². The Morgan fingerprint density at radius 1 is 0.970 bits per heavy atom. The van der Waals surface area contributed by atoms with Crippen molar-refractivity contribution in [2.24, 2.45) is 5.10 Å². The Morgan fingerprint density at radius 3 is 2.30 bits per heavy atom. The van der Waals surface area contributed by atoms with Crippen LogP contribution in [0.4, 0.5) is 0 Å². The lowest BCUT2D eigenvalue weighted by Crippen LogP contribution is -2.22. The summed E-state index contributed by atoms with van der Waals surface area (Å²) in [5.41, 5.74) is 7.06. The number of amides is 1. The number of hydrogen-bond donors (Lipinski definition) is 1. The lowest BCUT2D eigenvalue weighted by atomic mass is 9.96. The molecular formula is C26H24N4O2S. The fourth-order valence-corrected chi connectivity index (χ4v) is 5.48. The lowest BCUT2D eigenvalue weighted by Gasteiger charge is -2.13. The molecular weight excluding hydrogens is 432 g/mol. The minimum absolute atomic E-state index is 0.200. The second kappa shape index (κ2) is 9.03. The molecule has 0 saturated carbocycles. The topological polar surface area (TPSA) is 68.4 Å². The standard InChI is InChI=1S/C26H24N4O2S/c1-18-22(16-27-28-25(31)23-17-33-24-15-9-8-14-21(23)24)26(32)30(20-12-6-3-7-13-20)29(18)19-10-4-2-5-11-19/h2-7,10-13,16-17H,8-9,14-15H2,1H3,(H,28,31)/b27-16-. The summed E-state index contributed by atoms with van der Waals surface area (Å²) in [5, 5.41) is 6.08. The third-order valence-corrected chi connectivity index (χ3v) is 7.09. The first-order valence-electron chi connectivity index (χ1n) is 11.0. The van der Waals surface area contributed by atoms with Crippen LogP contribution in [0.1, 0.15) is 44.9 Å². The van der Waals surface area contributed by atoms with E-state index in [4.69, 9.17) is 0 Å². The fraction of sp³-hybridized carbons (Fsp3) is 0.192. The second-order valence-corrected chi connectivity index (χ2v) is 9.02. The minimum Gasteiger partial charge on any atom is -0.267 e. The maximum absolute atomic E-state index is 13.4. The molecule has 7 heteroatoms. The summed E-state index contributed by atoms with van der Waals surface area (Å²) in [6, 6.07) is 19.2. The van der Waals surface area contributed by atoms with E-state index >= 15 is 0 Å². The van der Waals surface area contributed by atoms with Crippen molar-refractivity contribution < 1.29 is 4.79 Å². The van der Waals surface area contributed by atoms with E-state index in [1.54, 1.807) is 16.0 Å². The fourth-order valence-electron chi connectivity index (χ4n) is 4.35. The van der Waals surface area contributed by atoms with E-state index in [1.807, 2.05) is 77.6 Å². The van der Waals surface area contributed by atoms with Gasteiger partial charge in [-0.3, -0.25) is 9.59 Å². The third kappa shape index (κ3) is 3.96. The first-order chi connectivity index (χ1) is 16.1. The molecule has 0 aliphatic heterocycles. The highest BCUT2D eigenvalue weighted by atomic mass is 32.1. The molecule has 1 aliphatic carbocycles. The molecule has 0 bridgehead atoms. The average molecular weight is 457 g/mol. The number of hydrazone groups is 1. The smallest absolute Gasteiger partial charge is 0.267 e. The SMILES string of the molecule is Cc1c(/C=N\NC(=O)c2csc3c2CCCC3)c(=O)n(-c2ccccc2)n1-c1ccccc1. The number of para-hydroxylation sites is 2. The number of carbonyl (C=O) groups excluding carboxylic acids is 1. The molecule has 166 valence electrons. The van der Waals surface area contributed by atoms with E-state index in [0.29, 0.717) is 11.1 Å². The number of rotatable bonds is 5. The van der Waals surface area contributed by atoms with E-state index in [9.17, 15) is 9.59 Å². The van der Waals surface area contributed by atoms with Crippen LogP contribution < -0.4 is 11.0 Å². The van der Waals surface area contributed by atoms with Gasteiger partial charge in [0.1, 0.15) is 0 Å². The van der Waals surface area contributed by atoms with Crippen molar-refractivity contribution in [3.05, 3.63) is 104 Å². The molecule has 4 aromatic rings. The van der Waals surface area contributed by atoms with Gasteiger partial charge in [-0.05, 0) is 62.4 Å². The molecule has 33 heavy (non-hydrogen) atoms. The van der Waals surface area contributed by atoms with Crippen LogP contribution in [0.15, 0.2) is 75.9 Å². The quantitative estimate of drug-likeness (QED) is 0.351. The van der Waals surface area contributed by atoms with Crippen LogP contribution in [-0.2, 0) is 12.8 Å². The van der Waals surface area contributed by atoms with Crippen molar-refractivity contribution in [1.29, 1.82) is 0 Å². The second-order valence-electron chi connectivity index (χ2n) is 8.06. The molecule has 0 spiro atoms. The van der Waals surface area contributed by atoms with Gasteiger partial charge >= 0.3 is 0 Å². The molecule has 5 rings (SSSR count). The molecule has 2 heterocycles. The Bertz CT molecular complexity index is 1380. The summed E-state index contributed by atoms with van der Waals surface area (Å²) in [4.78, 5) is 27.5. The molecule has 1 amide bonds. The zero-order chi connectivity index (χ0) is 22.8. The van der Waals surface area contributed by atoms with Gasteiger partial charge in [0, 0.05) is 10.3 Å². The lowest BCUT2D eigenvalue weighted by molar-refractivity contribution is 0.0954. The zero-order valence-electron chi connectivity index (χ0n) is 18.3. The number of fused-ring (bicyclic) bond motifs is 1. The monoisotopic (exact) mass is 456 g/mol. The predicted molar refractivity (Wildman–Crippen MR) is 132 cm³/mol. The van der Waals surface area contributed by atoms with Gasteiger partial charge in [0.25, 0.3) is 11.5 Å². The Balaban J connectivity index is 1.49. The highest BCUT2D eigenvalue weighted by Crippen LogP contribution is 2.30. The van der Waals surface area contributed by atoms with Crippen LogP contribution in [0.2, 0.25) is 0 Å².